The van der Waals surface area contributed by atoms with E-state index >= 15 is 0 Å². The Balaban J connectivity index is 2.21. The number of amides is 1. The highest BCUT2D eigenvalue weighted by Gasteiger charge is 2.51. The van der Waals surface area contributed by atoms with Gasteiger partial charge in [-0.3, -0.25) is 4.79 Å². The molecular weight excluding hydrogens is 228 g/mol. The molecule has 0 radical (unpaired) electrons. The van der Waals surface area contributed by atoms with Crippen molar-refractivity contribution >= 4 is 5.91 Å². The Bertz CT molecular complexity index is 339. The van der Waals surface area contributed by atoms with Crippen LogP contribution < -0.4 is 11.1 Å². The van der Waals surface area contributed by atoms with E-state index < -0.39 is 0 Å². The van der Waals surface area contributed by atoms with E-state index in [1.54, 1.807) is 0 Å². The van der Waals surface area contributed by atoms with Gasteiger partial charge in [0, 0.05) is 12.0 Å². The average Bonchev–Trinajstić information content (AvgIpc) is 2.46. The summed E-state index contributed by atoms with van der Waals surface area (Å²) in [5, 5.41) is 3.51. The van der Waals surface area contributed by atoms with E-state index in [0.717, 1.165) is 25.8 Å². The fourth-order valence-electron chi connectivity index (χ4n) is 3.82. The lowest BCUT2D eigenvalue weighted by atomic mass is 9.73. The van der Waals surface area contributed by atoms with E-state index in [9.17, 15) is 4.79 Å². The maximum atomic E-state index is 11.6. The normalized spacial score (nSPS) is 38.6. The number of piperidine rings is 1. The topological polar surface area (TPSA) is 64.3 Å². The van der Waals surface area contributed by atoms with Gasteiger partial charge in [-0.25, -0.2) is 0 Å². The molecule has 2 aliphatic rings. The summed E-state index contributed by atoms with van der Waals surface area (Å²) in [5.41, 5.74) is 5.24. The number of hydrogen-bond acceptors (Lipinski definition) is 3. The molecule has 0 spiro atoms. The first kappa shape index (κ1) is 13.8. The summed E-state index contributed by atoms with van der Waals surface area (Å²) in [6, 6.07) is 0.160. The maximum Gasteiger partial charge on any atom is 0.222 e. The number of ether oxygens (including phenoxy) is 1. The molecule has 0 aromatic heterocycles. The van der Waals surface area contributed by atoms with Crippen LogP contribution in [0.2, 0.25) is 0 Å². The highest BCUT2D eigenvalue weighted by molar-refractivity contribution is 5.77. The second-order valence-electron chi connectivity index (χ2n) is 6.91. The van der Waals surface area contributed by atoms with Crippen molar-refractivity contribution in [2.45, 2.75) is 64.2 Å². The van der Waals surface area contributed by atoms with Crippen molar-refractivity contribution in [3.63, 3.8) is 0 Å². The Morgan fingerprint density at radius 1 is 1.33 bits per heavy atom. The molecule has 4 nitrogen and oxygen atoms in total. The van der Waals surface area contributed by atoms with Gasteiger partial charge in [0.1, 0.15) is 0 Å². The summed E-state index contributed by atoms with van der Waals surface area (Å²) in [6.07, 6.45) is 2.91. The molecule has 2 rings (SSSR count). The van der Waals surface area contributed by atoms with Gasteiger partial charge in [-0.2, -0.15) is 0 Å². The minimum absolute atomic E-state index is 0.0551. The molecule has 0 aromatic carbocycles. The Morgan fingerprint density at radius 3 is 2.50 bits per heavy atom. The number of hydrogen-bond donors (Lipinski definition) is 2. The number of nitrogens with two attached hydrogens (primary N) is 1. The largest absolute Gasteiger partial charge is 0.369 e. The van der Waals surface area contributed by atoms with Crippen molar-refractivity contribution in [1.29, 1.82) is 0 Å². The average molecular weight is 254 g/mol. The summed E-state index contributed by atoms with van der Waals surface area (Å²) in [7, 11) is 0. The van der Waals surface area contributed by atoms with E-state index in [1.807, 2.05) is 0 Å². The number of rotatable bonds is 2. The molecule has 1 amide bonds. The molecule has 3 N–H and O–H groups in total. The van der Waals surface area contributed by atoms with Crippen molar-refractivity contribution in [1.82, 2.24) is 5.32 Å². The Labute approximate surface area is 110 Å². The molecule has 2 aliphatic heterocycles. The summed E-state index contributed by atoms with van der Waals surface area (Å²) in [4.78, 5) is 11.6. The lowest BCUT2D eigenvalue weighted by Gasteiger charge is -2.39. The number of nitrogens with one attached hydrogen (secondary N) is 1. The van der Waals surface area contributed by atoms with Gasteiger partial charge in [0.25, 0.3) is 0 Å². The van der Waals surface area contributed by atoms with Crippen LogP contribution in [0, 0.1) is 11.8 Å². The SMILES string of the molecule is CC1(C)CC(C2NCCCC2C(N)=O)C(C)(C)O1. The van der Waals surface area contributed by atoms with Crippen molar-refractivity contribution in [2.75, 3.05) is 6.54 Å². The van der Waals surface area contributed by atoms with E-state index in [-0.39, 0.29) is 29.1 Å². The quantitative estimate of drug-likeness (QED) is 0.783. The second kappa shape index (κ2) is 4.49. The van der Waals surface area contributed by atoms with Crippen LogP contribution in [0.4, 0.5) is 0 Å². The standard InChI is InChI=1S/C14H26N2O2/c1-13(2)8-10(14(3,4)18-13)11-9(12(15)17)6-5-7-16-11/h9-11,16H,5-8H2,1-4H3,(H2,15,17). The maximum absolute atomic E-state index is 11.6. The first-order chi connectivity index (χ1) is 8.23. The molecule has 4 heteroatoms. The van der Waals surface area contributed by atoms with Crippen LogP contribution in [0.3, 0.4) is 0 Å². The van der Waals surface area contributed by atoms with Gasteiger partial charge in [-0.05, 0) is 53.5 Å². The van der Waals surface area contributed by atoms with E-state index in [2.05, 4.69) is 33.0 Å². The molecule has 2 heterocycles. The molecule has 3 unspecified atom stereocenters. The van der Waals surface area contributed by atoms with Crippen LogP contribution in [0.1, 0.15) is 47.0 Å². The van der Waals surface area contributed by atoms with Crippen LogP contribution in [-0.2, 0) is 9.53 Å². The predicted molar refractivity (Wildman–Crippen MR) is 71.1 cm³/mol. The minimum atomic E-state index is -0.202. The van der Waals surface area contributed by atoms with E-state index in [1.165, 1.54) is 0 Å². The number of carbonyl (C=O) groups is 1. The third kappa shape index (κ3) is 2.54. The first-order valence-corrected chi connectivity index (χ1v) is 6.96. The number of carbonyl (C=O) groups excluding carboxylic acids is 1. The van der Waals surface area contributed by atoms with E-state index in [4.69, 9.17) is 10.5 Å². The molecule has 104 valence electrons. The zero-order valence-electron chi connectivity index (χ0n) is 12.0. The zero-order chi connectivity index (χ0) is 13.6. The molecule has 2 fully saturated rings. The van der Waals surface area contributed by atoms with Crippen molar-refractivity contribution in [3.05, 3.63) is 0 Å². The fourth-order valence-corrected chi connectivity index (χ4v) is 3.82. The van der Waals surface area contributed by atoms with Crippen molar-refractivity contribution in [2.24, 2.45) is 17.6 Å². The highest BCUT2D eigenvalue weighted by Crippen LogP contribution is 2.45. The monoisotopic (exact) mass is 254 g/mol. The van der Waals surface area contributed by atoms with E-state index in [0.29, 0.717) is 5.92 Å². The Morgan fingerprint density at radius 2 is 2.00 bits per heavy atom. The summed E-state index contributed by atoms with van der Waals surface area (Å²) in [6.45, 7) is 9.47. The first-order valence-electron chi connectivity index (χ1n) is 6.96. The van der Waals surface area contributed by atoms with Crippen LogP contribution in [0.25, 0.3) is 0 Å². The highest BCUT2D eigenvalue weighted by atomic mass is 16.5. The third-order valence-corrected chi connectivity index (χ3v) is 4.45. The lowest BCUT2D eigenvalue weighted by Crippen LogP contribution is -2.54. The van der Waals surface area contributed by atoms with Crippen LogP contribution >= 0.6 is 0 Å². The lowest BCUT2D eigenvalue weighted by molar-refractivity contribution is -0.125. The van der Waals surface area contributed by atoms with Gasteiger partial charge in [0.15, 0.2) is 0 Å². The minimum Gasteiger partial charge on any atom is -0.369 e. The number of primary amides is 1. The van der Waals surface area contributed by atoms with Crippen LogP contribution in [0.15, 0.2) is 0 Å². The molecular formula is C14H26N2O2. The van der Waals surface area contributed by atoms with Crippen molar-refractivity contribution < 1.29 is 9.53 Å². The summed E-state index contributed by atoms with van der Waals surface area (Å²) >= 11 is 0. The Hall–Kier alpha value is -0.610. The van der Waals surface area contributed by atoms with Gasteiger partial charge in [0.2, 0.25) is 5.91 Å². The zero-order valence-corrected chi connectivity index (χ0v) is 12.0. The van der Waals surface area contributed by atoms with Gasteiger partial charge in [-0.15, -0.1) is 0 Å². The molecule has 2 saturated heterocycles. The third-order valence-electron chi connectivity index (χ3n) is 4.45. The molecule has 0 saturated carbocycles. The molecule has 0 aliphatic carbocycles. The summed E-state index contributed by atoms with van der Waals surface area (Å²) < 4.78 is 6.14. The molecule has 18 heavy (non-hydrogen) atoms. The molecule has 0 aromatic rings. The molecule has 0 bridgehead atoms. The summed E-state index contributed by atoms with van der Waals surface area (Å²) in [5.74, 6) is 0.110. The van der Waals surface area contributed by atoms with Gasteiger partial charge in [-0.1, -0.05) is 0 Å². The van der Waals surface area contributed by atoms with Gasteiger partial charge >= 0.3 is 0 Å². The predicted octanol–water partition coefficient (Wildman–Crippen LogP) is 1.43. The molecule has 3 atom stereocenters. The second-order valence-corrected chi connectivity index (χ2v) is 6.91. The van der Waals surface area contributed by atoms with Crippen molar-refractivity contribution in [3.8, 4) is 0 Å². The smallest absolute Gasteiger partial charge is 0.222 e. The van der Waals surface area contributed by atoms with Gasteiger partial charge in [0.05, 0.1) is 17.1 Å². The van der Waals surface area contributed by atoms with Crippen LogP contribution in [-0.4, -0.2) is 29.7 Å². The van der Waals surface area contributed by atoms with Crippen LogP contribution in [0.5, 0.6) is 0 Å². The van der Waals surface area contributed by atoms with Gasteiger partial charge < -0.3 is 15.8 Å². The Kier molecular flexibility index (Phi) is 3.45. The fraction of sp³-hybridized carbons (Fsp3) is 0.929.